The van der Waals surface area contributed by atoms with Crippen molar-refractivity contribution >= 4 is 11.8 Å². The number of pyridine rings is 1. The average Bonchev–Trinajstić information content (AvgIpc) is 2.96. The van der Waals surface area contributed by atoms with Crippen LogP contribution in [0.1, 0.15) is 24.0 Å². The number of thioether (sulfide) groups is 1. The van der Waals surface area contributed by atoms with Gasteiger partial charge in [0, 0.05) is 30.1 Å². The van der Waals surface area contributed by atoms with E-state index in [1.165, 1.54) is 24.0 Å². The normalized spacial score (nSPS) is 15.8. The molecular weight excluding hydrogens is 192 g/mol. The van der Waals surface area contributed by atoms with Gasteiger partial charge in [-0.1, -0.05) is 6.07 Å². The Bertz CT molecular complexity index is 297. The monoisotopic (exact) mass is 208 g/mol. The van der Waals surface area contributed by atoms with Crippen LogP contribution in [0.4, 0.5) is 0 Å². The summed E-state index contributed by atoms with van der Waals surface area (Å²) in [5, 5.41) is 3.48. The standard InChI is InChI=1S/C11H16N2S/c1-9-4-10(6-12-5-9)7-14-8-13-11-2-3-11/h4-6,11,13H,2-3,7-8H2,1H3. The van der Waals surface area contributed by atoms with E-state index in [9.17, 15) is 0 Å². The summed E-state index contributed by atoms with van der Waals surface area (Å²) in [6.45, 7) is 2.09. The van der Waals surface area contributed by atoms with Crippen molar-refractivity contribution in [1.82, 2.24) is 10.3 Å². The fraction of sp³-hybridized carbons (Fsp3) is 0.545. The van der Waals surface area contributed by atoms with Gasteiger partial charge in [-0.25, -0.2) is 0 Å². The van der Waals surface area contributed by atoms with Crippen molar-refractivity contribution < 1.29 is 0 Å². The van der Waals surface area contributed by atoms with Crippen molar-refractivity contribution in [2.75, 3.05) is 5.88 Å². The first-order valence-electron chi connectivity index (χ1n) is 5.06. The number of rotatable bonds is 5. The van der Waals surface area contributed by atoms with E-state index in [-0.39, 0.29) is 0 Å². The molecule has 0 radical (unpaired) electrons. The van der Waals surface area contributed by atoms with Crippen molar-refractivity contribution in [2.45, 2.75) is 31.6 Å². The van der Waals surface area contributed by atoms with Crippen molar-refractivity contribution in [2.24, 2.45) is 0 Å². The van der Waals surface area contributed by atoms with Gasteiger partial charge in [0.05, 0.1) is 0 Å². The minimum atomic E-state index is 0.818. The van der Waals surface area contributed by atoms with Gasteiger partial charge in [-0.05, 0) is 30.9 Å². The number of nitrogens with zero attached hydrogens (tertiary/aromatic N) is 1. The van der Waals surface area contributed by atoms with Crippen LogP contribution in [-0.2, 0) is 5.75 Å². The second kappa shape index (κ2) is 4.80. The third kappa shape index (κ3) is 3.31. The lowest BCUT2D eigenvalue weighted by Crippen LogP contribution is -2.14. The van der Waals surface area contributed by atoms with Crippen LogP contribution < -0.4 is 5.32 Å². The van der Waals surface area contributed by atoms with Crippen LogP contribution in [-0.4, -0.2) is 16.9 Å². The molecule has 76 valence electrons. The fourth-order valence-corrected chi connectivity index (χ4v) is 2.18. The van der Waals surface area contributed by atoms with Gasteiger partial charge in [0.15, 0.2) is 0 Å². The highest BCUT2D eigenvalue weighted by Gasteiger charge is 2.19. The highest BCUT2D eigenvalue weighted by atomic mass is 32.2. The molecule has 0 bridgehead atoms. The van der Waals surface area contributed by atoms with E-state index in [1.54, 1.807) is 0 Å². The Morgan fingerprint density at radius 2 is 2.36 bits per heavy atom. The molecule has 1 aromatic heterocycles. The Balaban J connectivity index is 1.68. The van der Waals surface area contributed by atoms with E-state index < -0.39 is 0 Å². The zero-order valence-corrected chi connectivity index (χ0v) is 9.31. The zero-order valence-electron chi connectivity index (χ0n) is 8.49. The van der Waals surface area contributed by atoms with Crippen LogP contribution in [0.3, 0.4) is 0 Å². The van der Waals surface area contributed by atoms with Crippen LogP contribution in [0.15, 0.2) is 18.5 Å². The molecule has 0 aliphatic heterocycles. The van der Waals surface area contributed by atoms with E-state index in [0.29, 0.717) is 0 Å². The molecule has 1 aliphatic carbocycles. The number of hydrogen-bond acceptors (Lipinski definition) is 3. The Hall–Kier alpha value is -0.540. The van der Waals surface area contributed by atoms with Gasteiger partial charge < -0.3 is 5.32 Å². The van der Waals surface area contributed by atoms with Gasteiger partial charge in [-0.3, -0.25) is 4.98 Å². The summed E-state index contributed by atoms with van der Waals surface area (Å²) in [6, 6.07) is 3.02. The molecule has 0 amide bonds. The number of nitrogens with one attached hydrogen (secondary N) is 1. The molecule has 1 aliphatic rings. The molecule has 0 spiro atoms. The summed E-state index contributed by atoms with van der Waals surface area (Å²) in [4.78, 5) is 4.18. The third-order valence-electron chi connectivity index (χ3n) is 2.25. The Morgan fingerprint density at radius 1 is 1.50 bits per heavy atom. The summed E-state index contributed by atoms with van der Waals surface area (Å²) in [6.07, 6.45) is 6.59. The van der Waals surface area contributed by atoms with Crippen LogP contribution >= 0.6 is 11.8 Å². The molecule has 2 nitrogen and oxygen atoms in total. The van der Waals surface area contributed by atoms with Gasteiger partial charge in [0.2, 0.25) is 0 Å². The minimum Gasteiger partial charge on any atom is -0.305 e. The Morgan fingerprint density at radius 3 is 3.07 bits per heavy atom. The Kier molecular flexibility index (Phi) is 3.43. The summed E-state index contributed by atoms with van der Waals surface area (Å²) >= 11 is 1.93. The number of aromatic nitrogens is 1. The summed E-state index contributed by atoms with van der Waals surface area (Å²) < 4.78 is 0. The molecule has 1 fully saturated rings. The SMILES string of the molecule is Cc1cncc(CSCNC2CC2)c1. The van der Waals surface area contributed by atoms with Crippen molar-refractivity contribution in [3.05, 3.63) is 29.6 Å². The molecule has 1 aromatic rings. The van der Waals surface area contributed by atoms with Gasteiger partial charge in [-0.2, -0.15) is 0 Å². The second-order valence-electron chi connectivity index (χ2n) is 3.84. The zero-order chi connectivity index (χ0) is 9.80. The van der Waals surface area contributed by atoms with E-state index in [2.05, 4.69) is 23.3 Å². The fourth-order valence-electron chi connectivity index (χ4n) is 1.33. The minimum absolute atomic E-state index is 0.818. The highest BCUT2D eigenvalue weighted by molar-refractivity contribution is 7.98. The number of aryl methyl sites for hydroxylation is 1. The lowest BCUT2D eigenvalue weighted by Gasteiger charge is -2.03. The van der Waals surface area contributed by atoms with E-state index in [4.69, 9.17) is 0 Å². The summed E-state index contributed by atoms with van der Waals surface area (Å²) in [7, 11) is 0. The molecule has 0 aromatic carbocycles. The first kappa shape index (κ1) is 9.99. The molecule has 0 unspecified atom stereocenters. The highest BCUT2D eigenvalue weighted by Crippen LogP contribution is 2.20. The van der Waals surface area contributed by atoms with Gasteiger partial charge >= 0.3 is 0 Å². The molecule has 1 saturated carbocycles. The maximum Gasteiger partial charge on any atom is 0.0423 e. The molecule has 2 rings (SSSR count). The second-order valence-corrected chi connectivity index (χ2v) is 4.83. The van der Waals surface area contributed by atoms with E-state index in [0.717, 1.165) is 17.7 Å². The average molecular weight is 208 g/mol. The smallest absolute Gasteiger partial charge is 0.0423 e. The molecule has 3 heteroatoms. The van der Waals surface area contributed by atoms with Gasteiger partial charge in [0.25, 0.3) is 0 Å². The first-order chi connectivity index (χ1) is 6.84. The predicted molar refractivity (Wildman–Crippen MR) is 61.3 cm³/mol. The maximum atomic E-state index is 4.18. The Labute approximate surface area is 89.5 Å². The predicted octanol–water partition coefficient (Wildman–Crippen LogP) is 2.33. The van der Waals surface area contributed by atoms with Gasteiger partial charge in [-0.15, -0.1) is 11.8 Å². The van der Waals surface area contributed by atoms with E-state index in [1.807, 2.05) is 24.2 Å². The van der Waals surface area contributed by atoms with Crippen LogP contribution in [0.5, 0.6) is 0 Å². The maximum absolute atomic E-state index is 4.18. The van der Waals surface area contributed by atoms with E-state index >= 15 is 0 Å². The summed E-state index contributed by atoms with van der Waals surface area (Å²) in [5.74, 6) is 2.13. The van der Waals surface area contributed by atoms with Gasteiger partial charge in [0.1, 0.15) is 0 Å². The summed E-state index contributed by atoms with van der Waals surface area (Å²) in [5.41, 5.74) is 2.57. The van der Waals surface area contributed by atoms with Crippen molar-refractivity contribution in [3.63, 3.8) is 0 Å². The molecular formula is C11H16N2S. The molecule has 0 saturated heterocycles. The number of hydrogen-bond donors (Lipinski definition) is 1. The molecule has 0 atom stereocenters. The van der Waals surface area contributed by atoms with Crippen molar-refractivity contribution in [3.8, 4) is 0 Å². The first-order valence-corrected chi connectivity index (χ1v) is 6.22. The topological polar surface area (TPSA) is 24.9 Å². The van der Waals surface area contributed by atoms with Crippen LogP contribution in [0.25, 0.3) is 0 Å². The molecule has 14 heavy (non-hydrogen) atoms. The lowest BCUT2D eigenvalue weighted by molar-refractivity contribution is 0.789. The van der Waals surface area contributed by atoms with Crippen LogP contribution in [0, 0.1) is 6.92 Å². The largest absolute Gasteiger partial charge is 0.305 e. The van der Waals surface area contributed by atoms with Crippen LogP contribution in [0.2, 0.25) is 0 Å². The molecule has 1 heterocycles. The third-order valence-corrected chi connectivity index (χ3v) is 3.16. The molecule has 1 N–H and O–H groups in total. The lowest BCUT2D eigenvalue weighted by atomic mass is 10.2. The van der Waals surface area contributed by atoms with Crippen molar-refractivity contribution in [1.29, 1.82) is 0 Å². The quantitative estimate of drug-likeness (QED) is 0.594.